The van der Waals surface area contributed by atoms with Crippen molar-refractivity contribution in [1.29, 1.82) is 0 Å². The van der Waals surface area contributed by atoms with Crippen molar-refractivity contribution in [2.75, 3.05) is 14.1 Å². The first-order valence-electron chi connectivity index (χ1n) is 7.30. The van der Waals surface area contributed by atoms with Crippen LogP contribution in [0, 0.1) is 6.92 Å². The third-order valence-electron chi connectivity index (χ3n) is 3.10. The van der Waals surface area contributed by atoms with Gasteiger partial charge in [-0.25, -0.2) is 9.78 Å². The summed E-state index contributed by atoms with van der Waals surface area (Å²) in [6.45, 7) is 3.36. The molecule has 1 atom stereocenters. The lowest BCUT2D eigenvalue weighted by molar-refractivity contribution is -0.137. The third kappa shape index (κ3) is 4.58. The fourth-order valence-corrected chi connectivity index (χ4v) is 2.79. The SMILES string of the molecule is Cc1cc(CSc2ncccc2C(=O)O[C@H](C)C(=O)N(C)C)no1. The standard InChI is InChI=1S/C16H19N3O4S/c1-10-8-12(18-23-10)9-24-14-13(6-5-7-17-14)16(21)22-11(2)15(20)19(3)4/h5-8,11H,9H2,1-4H3/t11-/m1/s1. The molecule has 0 N–H and O–H groups in total. The first-order chi connectivity index (χ1) is 11.4. The van der Waals surface area contributed by atoms with E-state index in [0.717, 1.165) is 11.5 Å². The number of hydrogen-bond acceptors (Lipinski definition) is 7. The molecule has 0 aliphatic heterocycles. The number of ether oxygens (including phenoxy) is 1. The maximum atomic E-state index is 12.3. The van der Waals surface area contributed by atoms with Gasteiger partial charge in [0.25, 0.3) is 5.91 Å². The molecule has 0 aliphatic rings. The molecule has 0 saturated heterocycles. The molecule has 7 nitrogen and oxygen atoms in total. The number of esters is 1. The fraction of sp³-hybridized carbons (Fsp3) is 0.375. The second-order valence-corrected chi connectivity index (χ2v) is 6.32. The lowest BCUT2D eigenvalue weighted by Crippen LogP contribution is -2.35. The molecule has 0 spiro atoms. The molecule has 0 aromatic carbocycles. The summed E-state index contributed by atoms with van der Waals surface area (Å²) in [6, 6.07) is 5.10. The van der Waals surface area contributed by atoms with Gasteiger partial charge >= 0.3 is 5.97 Å². The second-order valence-electron chi connectivity index (χ2n) is 5.35. The highest BCUT2D eigenvalue weighted by atomic mass is 32.2. The minimum absolute atomic E-state index is 0.278. The predicted molar refractivity (Wildman–Crippen MR) is 88.6 cm³/mol. The van der Waals surface area contributed by atoms with Crippen molar-refractivity contribution in [1.82, 2.24) is 15.0 Å². The molecule has 0 fully saturated rings. The van der Waals surface area contributed by atoms with Crippen LogP contribution in [0.15, 0.2) is 33.9 Å². The van der Waals surface area contributed by atoms with Crippen LogP contribution in [-0.2, 0) is 15.3 Å². The Labute approximate surface area is 144 Å². The van der Waals surface area contributed by atoms with Gasteiger partial charge < -0.3 is 14.2 Å². The van der Waals surface area contributed by atoms with Gasteiger partial charge in [-0.1, -0.05) is 16.9 Å². The van der Waals surface area contributed by atoms with E-state index in [4.69, 9.17) is 9.26 Å². The topological polar surface area (TPSA) is 85.5 Å². The summed E-state index contributed by atoms with van der Waals surface area (Å²) in [4.78, 5) is 29.8. The second kappa shape index (κ2) is 7.96. The number of amides is 1. The molecule has 2 rings (SSSR count). The lowest BCUT2D eigenvalue weighted by atomic mass is 10.3. The quantitative estimate of drug-likeness (QED) is 0.584. The van der Waals surface area contributed by atoms with Gasteiger partial charge in [0.05, 0.1) is 11.3 Å². The summed E-state index contributed by atoms with van der Waals surface area (Å²) in [5, 5.41) is 4.43. The van der Waals surface area contributed by atoms with Gasteiger partial charge in [0, 0.05) is 32.1 Å². The molecule has 0 saturated carbocycles. The maximum absolute atomic E-state index is 12.3. The summed E-state index contributed by atoms with van der Waals surface area (Å²) < 4.78 is 10.3. The molecule has 0 unspecified atom stereocenters. The zero-order chi connectivity index (χ0) is 17.7. The lowest BCUT2D eigenvalue weighted by Gasteiger charge is -2.17. The number of pyridine rings is 1. The predicted octanol–water partition coefficient (Wildman–Crippen LogP) is 2.30. The van der Waals surface area contributed by atoms with E-state index in [-0.39, 0.29) is 5.91 Å². The average molecular weight is 349 g/mol. The van der Waals surface area contributed by atoms with Crippen molar-refractivity contribution in [3.63, 3.8) is 0 Å². The Hall–Kier alpha value is -2.35. The smallest absolute Gasteiger partial charge is 0.341 e. The van der Waals surface area contributed by atoms with Crippen LogP contribution in [0.25, 0.3) is 0 Å². The summed E-state index contributed by atoms with van der Waals surface area (Å²) in [5.74, 6) is 0.382. The van der Waals surface area contributed by atoms with Crippen molar-refractivity contribution >= 4 is 23.6 Å². The molecule has 8 heteroatoms. The highest BCUT2D eigenvalue weighted by Crippen LogP contribution is 2.25. The van der Waals surface area contributed by atoms with E-state index in [1.165, 1.54) is 16.7 Å². The van der Waals surface area contributed by atoms with Gasteiger partial charge in [0.2, 0.25) is 0 Å². The normalized spacial score (nSPS) is 11.8. The molecule has 2 aromatic rings. The molecular weight excluding hydrogens is 330 g/mol. The van der Waals surface area contributed by atoms with Gasteiger partial charge in [0.1, 0.15) is 10.8 Å². The number of hydrogen-bond donors (Lipinski definition) is 0. The van der Waals surface area contributed by atoms with E-state index in [2.05, 4.69) is 10.1 Å². The van der Waals surface area contributed by atoms with Gasteiger partial charge in [-0.2, -0.15) is 0 Å². The number of carbonyl (C=O) groups excluding carboxylic acids is 2. The molecule has 2 heterocycles. The summed E-state index contributed by atoms with van der Waals surface area (Å²) in [5.41, 5.74) is 1.08. The Morgan fingerprint density at radius 3 is 2.79 bits per heavy atom. The van der Waals surface area contributed by atoms with Crippen molar-refractivity contribution < 1.29 is 18.8 Å². The van der Waals surface area contributed by atoms with Crippen molar-refractivity contribution in [3.8, 4) is 0 Å². The Morgan fingerprint density at radius 1 is 1.42 bits per heavy atom. The first-order valence-corrected chi connectivity index (χ1v) is 8.29. The van der Waals surface area contributed by atoms with E-state index >= 15 is 0 Å². The van der Waals surface area contributed by atoms with Crippen molar-refractivity contribution in [2.24, 2.45) is 0 Å². The van der Waals surface area contributed by atoms with Crippen molar-refractivity contribution in [3.05, 3.63) is 41.4 Å². The van der Waals surface area contributed by atoms with E-state index < -0.39 is 12.1 Å². The van der Waals surface area contributed by atoms with Gasteiger partial charge in [-0.15, -0.1) is 0 Å². The molecule has 24 heavy (non-hydrogen) atoms. The number of aromatic nitrogens is 2. The van der Waals surface area contributed by atoms with Crippen LogP contribution in [0.1, 0.15) is 28.7 Å². The van der Waals surface area contributed by atoms with E-state index in [1.54, 1.807) is 39.3 Å². The van der Waals surface area contributed by atoms with Crippen LogP contribution in [-0.4, -0.2) is 47.1 Å². The molecule has 1 amide bonds. The first kappa shape index (κ1) is 18.0. The maximum Gasteiger partial charge on any atom is 0.341 e. The van der Waals surface area contributed by atoms with Crippen LogP contribution in [0.3, 0.4) is 0 Å². The number of nitrogens with zero attached hydrogens (tertiary/aromatic N) is 3. The summed E-state index contributed by atoms with van der Waals surface area (Å²) in [6.07, 6.45) is 0.741. The zero-order valence-corrected chi connectivity index (χ0v) is 14.8. The number of rotatable bonds is 6. The van der Waals surface area contributed by atoms with E-state index in [1.807, 2.05) is 13.0 Å². The number of thioether (sulfide) groups is 1. The number of likely N-dealkylation sites (N-methyl/N-ethyl adjacent to an activating group) is 1. The highest BCUT2D eigenvalue weighted by Gasteiger charge is 2.22. The Bertz CT molecular complexity index is 730. The minimum Gasteiger partial charge on any atom is -0.449 e. The van der Waals surface area contributed by atoms with Gasteiger partial charge in [-0.3, -0.25) is 4.79 Å². The number of aryl methyl sites for hydroxylation is 1. The largest absolute Gasteiger partial charge is 0.449 e. The fourth-order valence-electron chi connectivity index (χ4n) is 1.93. The van der Waals surface area contributed by atoms with E-state index in [0.29, 0.717) is 16.3 Å². The van der Waals surface area contributed by atoms with Crippen LogP contribution in [0.2, 0.25) is 0 Å². The molecule has 2 aromatic heterocycles. The van der Waals surface area contributed by atoms with Gasteiger partial charge in [-0.05, 0) is 26.0 Å². The Morgan fingerprint density at radius 2 is 2.17 bits per heavy atom. The molecule has 0 aliphatic carbocycles. The Kier molecular flexibility index (Phi) is 5.97. The van der Waals surface area contributed by atoms with E-state index in [9.17, 15) is 9.59 Å². The van der Waals surface area contributed by atoms with Crippen LogP contribution >= 0.6 is 11.8 Å². The monoisotopic (exact) mass is 349 g/mol. The van der Waals surface area contributed by atoms with Gasteiger partial charge in [0.15, 0.2) is 6.10 Å². The molecule has 0 bridgehead atoms. The number of carbonyl (C=O) groups is 2. The highest BCUT2D eigenvalue weighted by molar-refractivity contribution is 7.98. The average Bonchev–Trinajstić information content (AvgIpc) is 2.97. The third-order valence-corrected chi connectivity index (χ3v) is 4.14. The van der Waals surface area contributed by atoms with Crippen LogP contribution in [0.4, 0.5) is 0 Å². The molecule has 128 valence electrons. The van der Waals surface area contributed by atoms with Crippen LogP contribution in [0.5, 0.6) is 0 Å². The van der Waals surface area contributed by atoms with Crippen molar-refractivity contribution in [2.45, 2.75) is 30.7 Å². The van der Waals surface area contributed by atoms with Crippen LogP contribution < -0.4 is 0 Å². The molecular formula is C16H19N3O4S. The Balaban J connectivity index is 2.07. The zero-order valence-electron chi connectivity index (χ0n) is 14.0. The summed E-state index contributed by atoms with van der Waals surface area (Å²) >= 11 is 1.35. The minimum atomic E-state index is -0.858. The summed E-state index contributed by atoms with van der Waals surface area (Å²) in [7, 11) is 3.22. The molecule has 0 radical (unpaired) electrons.